The average molecular weight is 503 g/mol. The van der Waals surface area contributed by atoms with Gasteiger partial charge in [0.2, 0.25) is 0 Å². The van der Waals surface area contributed by atoms with Gasteiger partial charge in [0.05, 0.1) is 11.4 Å². The molecule has 1 heterocycles. The van der Waals surface area contributed by atoms with Crippen molar-refractivity contribution in [2.75, 3.05) is 10.6 Å². The van der Waals surface area contributed by atoms with E-state index in [1.165, 1.54) is 0 Å². The predicted molar refractivity (Wildman–Crippen MR) is 151 cm³/mol. The van der Waals surface area contributed by atoms with Gasteiger partial charge in [-0.05, 0) is 38.1 Å². The van der Waals surface area contributed by atoms with Crippen LogP contribution in [0.2, 0.25) is 0 Å². The molecule has 0 atom stereocenters. The minimum atomic E-state index is -0.515. The van der Waals surface area contributed by atoms with Crippen LogP contribution in [0.5, 0.6) is 0 Å². The summed E-state index contributed by atoms with van der Waals surface area (Å²) in [5, 5.41) is 14.8. The number of hydrazone groups is 2. The molecule has 0 radical (unpaired) electrons. The van der Waals surface area contributed by atoms with Gasteiger partial charge in [-0.25, -0.2) is 20.4 Å². The maximum absolute atomic E-state index is 13.1. The molecule has 0 aliphatic carbocycles. The quantitative estimate of drug-likeness (QED) is 0.280. The van der Waals surface area contributed by atoms with E-state index in [9.17, 15) is 9.59 Å². The number of amides is 4. The zero-order chi connectivity index (χ0) is 26.5. The number of carbonyl (C=O) groups is 2. The molecule has 0 bridgehead atoms. The number of rotatable bonds is 2. The number of carbonyl (C=O) groups excluding carboxylic acids is 2. The van der Waals surface area contributed by atoms with E-state index in [4.69, 9.17) is 0 Å². The Labute approximate surface area is 220 Å². The van der Waals surface area contributed by atoms with Crippen LogP contribution in [0, 0.1) is 13.8 Å². The van der Waals surface area contributed by atoms with Crippen molar-refractivity contribution in [2.24, 2.45) is 10.2 Å². The summed E-state index contributed by atoms with van der Waals surface area (Å²) in [6.07, 6.45) is 0. The van der Waals surface area contributed by atoms with Gasteiger partial charge in [0, 0.05) is 22.3 Å². The summed E-state index contributed by atoms with van der Waals surface area (Å²) in [6, 6.07) is 29.1. The van der Waals surface area contributed by atoms with Gasteiger partial charge >= 0.3 is 12.1 Å². The molecule has 0 saturated carbocycles. The molecule has 4 aromatic carbocycles. The molecule has 0 spiro atoms. The lowest BCUT2D eigenvalue weighted by Crippen LogP contribution is -2.30. The normalized spacial score (nSPS) is 16.5. The summed E-state index contributed by atoms with van der Waals surface area (Å²) in [7, 11) is 0. The van der Waals surface area contributed by atoms with E-state index in [0.29, 0.717) is 33.9 Å². The third-order valence-electron chi connectivity index (χ3n) is 5.99. The maximum Gasteiger partial charge on any atom is 0.339 e. The Bertz CT molecular complexity index is 1440. The van der Waals surface area contributed by atoms with Crippen LogP contribution in [0.4, 0.5) is 21.0 Å². The fourth-order valence-electron chi connectivity index (χ4n) is 4.19. The van der Waals surface area contributed by atoms with Crippen molar-refractivity contribution in [3.05, 3.63) is 130 Å². The second-order valence-electron chi connectivity index (χ2n) is 8.88. The summed E-state index contributed by atoms with van der Waals surface area (Å²) in [4.78, 5) is 26.2. The molecule has 1 aliphatic rings. The summed E-state index contributed by atoms with van der Waals surface area (Å²) >= 11 is 0. The minimum absolute atomic E-state index is 0.495. The van der Waals surface area contributed by atoms with Crippen molar-refractivity contribution >= 4 is 34.9 Å². The molecule has 4 N–H and O–H groups in total. The summed E-state index contributed by atoms with van der Waals surface area (Å²) in [5.41, 5.74) is 12.1. The van der Waals surface area contributed by atoms with E-state index in [1.54, 1.807) is 12.1 Å². The molecule has 38 heavy (non-hydrogen) atoms. The van der Waals surface area contributed by atoms with E-state index >= 15 is 0 Å². The summed E-state index contributed by atoms with van der Waals surface area (Å²) < 4.78 is 0. The molecule has 4 aromatic rings. The topological polar surface area (TPSA) is 107 Å². The SMILES string of the molecule is Cc1ccc2c(c1)/C(c1ccccc1)=N\NC(=O)Nc1ccc(C)cc1/C(c1ccccc1)=N\NC(=O)N2. The zero-order valence-electron chi connectivity index (χ0n) is 20.9. The molecule has 0 saturated heterocycles. The van der Waals surface area contributed by atoms with Crippen molar-refractivity contribution in [2.45, 2.75) is 13.8 Å². The highest BCUT2D eigenvalue weighted by Gasteiger charge is 2.19. The molecule has 0 fully saturated rings. The van der Waals surface area contributed by atoms with Crippen LogP contribution < -0.4 is 21.5 Å². The van der Waals surface area contributed by atoms with Crippen LogP contribution in [0.25, 0.3) is 0 Å². The highest BCUT2D eigenvalue weighted by molar-refractivity contribution is 6.19. The maximum atomic E-state index is 13.1. The van der Waals surface area contributed by atoms with Gasteiger partial charge in [-0.3, -0.25) is 0 Å². The summed E-state index contributed by atoms with van der Waals surface area (Å²) in [6.45, 7) is 3.90. The molecule has 4 amide bonds. The largest absolute Gasteiger partial charge is 0.339 e. The molecule has 5 rings (SSSR count). The molecule has 0 unspecified atom stereocenters. The summed E-state index contributed by atoms with van der Waals surface area (Å²) in [5.74, 6) is 0. The van der Waals surface area contributed by atoms with Gasteiger partial charge in [0.15, 0.2) is 0 Å². The number of urea groups is 2. The molecule has 1 aliphatic heterocycles. The first-order chi connectivity index (χ1) is 18.5. The Morgan fingerprint density at radius 3 is 1.32 bits per heavy atom. The number of aryl methyl sites for hydroxylation is 2. The first-order valence-corrected chi connectivity index (χ1v) is 12.1. The molecule has 0 aromatic heterocycles. The number of benzene rings is 4. The monoisotopic (exact) mass is 502 g/mol. The van der Waals surface area contributed by atoms with Gasteiger partial charge in [-0.2, -0.15) is 10.2 Å². The molecule has 188 valence electrons. The van der Waals surface area contributed by atoms with Crippen LogP contribution in [0.3, 0.4) is 0 Å². The van der Waals surface area contributed by atoms with Crippen molar-refractivity contribution in [1.82, 2.24) is 10.9 Å². The lowest BCUT2D eigenvalue weighted by atomic mass is 9.98. The van der Waals surface area contributed by atoms with Gasteiger partial charge in [-0.1, -0.05) is 83.9 Å². The van der Waals surface area contributed by atoms with E-state index < -0.39 is 12.1 Å². The minimum Gasteiger partial charge on any atom is -0.306 e. The van der Waals surface area contributed by atoms with Crippen LogP contribution in [-0.4, -0.2) is 23.5 Å². The van der Waals surface area contributed by atoms with Crippen LogP contribution in [0.15, 0.2) is 107 Å². The number of hydrogen-bond donors (Lipinski definition) is 4. The van der Waals surface area contributed by atoms with Gasteiger partial charge < -0.3 is 10.6 Å². The highest BCUT2D eigenvalue weighted by Crippen LogP contribution is 2.24. The smallest absolute Gasteiger partial charge is 0.306 e. The Kier molecular flexibility index (Phi) is 6.95. The number of nitrogens with zero attached hydrogens (tertiary/aromatic N) is 2. The highest BCUT2D eigenvalue weighted by atomic mass is 16.2. The fraction of sp³-hybridized carbons (Fsp3) is 0.0667. The molecular weight excluding hydrogens is 476 g/mol. The Morgan fingerprint density at radius 2 is 0.921 bits per heavy atom. The van der Waals surface area contributed by atoms with Crippen molar-refractivity contribution in [1.29, 1.82) is 0 Å². The Morgan fingerprint density at radius 1 is 0.526 bits per heavy atom. The first kappa shape index (κ1) is 24.5. The van der Waals surface area contributed by atoms with Gasteiger partial charge in [0.1, 0.15) is 11.4 Å². The lowest BCUT2D eigenvalue weighted by Gasteiger charge is -2.17. The Hall–Kier alpha value is -5.24. The van der Waals surface area contributed by atoms with E-state index in [2.05, 4.69) is 31.7 Å². The molecular formula is C30H26N6O2. The van der Waals surface area contributed by atoms with Gasteiger partial charge in [-0.15, -0.1) is 0 Å². The van der Waals surface area contributed by atoms with Crippen molar-refractivity contribution < 1.29 is 9.59 Å². The van der Waals surface area contributed by atoms with Crippen LogP contribution in [-0.2, 0) is 0 Å². The second-order valence-corrected chi connectivity index (χ2v) is 8.88. The predicted octanol–water partition coefficient (Wildman–Crippen LogP) is 5.77. The third-order valence-corrected chi connectivity index (χ3v) is 5.99. The Balaban J connectivity index is 1.66. The number of fused-ring (bicyclic) bond motifs is 2. The van der Waals surface area contributed by atoms with Gasteiger partial charge in [0.25, 0.3) is 0 Å². The van der Waals surface area contributed by atoms with Crippen LogP contribution in [0.1, 0.15) is 33.4 Å². The van der Waals surface area contributed by atoms with Crippen molar-refractivity contribution in [3.8, 4) is 0 Å². The average Bonchev–Trinajstić information content (AvgIpc) is 2.92. The number of nitrogens with one attached hydrogen (secondary N) is 4. The molecule has 8 nitrogen and oxygen atoms in total. The lowest BCUT2D eigenvalue weighted by molar-refractivity contribution is 0.251. The number of hydrogen-bond acceptors (Lipinski definition) is 4. The first-order valence-electron chi connectivity index (χ1n) is 12.1. The standard InChI is InChI=1S/C30H26N6O2/c1-19-13-15-25-23(17-19)27(21-9-5-3-6-10-21)33-35-30(38)32-26-16-14-20(2)18-24(26)28(34-36-29(37)31-25)22-11-7-4-8-12-22/h3-18H,1-2H3,(H2,31,36,37)(H2,32,35,38)/b33-27-,34-28-. The van der Waals surface area contributed by atoms with Crippen LogP contribution >= 0.6 is 0 Å². The zero-order valence-corrected chi connectivity index (χ0v) is 20.9. The second kappa shape index (κ2) is 10.8. The van der Waals surface area contributed by atoms with E-state index in [1.807, 2.05) is 98.8 Å². The number of anilines is 2. The van der Waals surface area contributed by atoms with E-state index in [0.717, 1.165) is 22.3 Å². The molecule has 8 heteroatoms. The van der Waals surface area contributed by atoms with Crippen molar-refractivity contribution in [3.63, 3.8) is 0 Å². The fourth-order valence-corrected chi connectivity index (χ4v) is 4.19. The third kappa shape index (κ3) is 5.44. The van der Waals surface area contributed by atoms with E-state index in [-0.39, 0.29) is 0 Å².